The van der Waals surface area contributed by atoms with E-state index in [9.17, 15) is 0 Å². The predicted octanol–water partition coefficient (Wildman–Crippen LogP) is 3.99. The molecule has 14 heavy (non-hydrogen) atoms. The molecule has 2 fully saturated rings. The maximum absolute atomic E-state index is 2.51. The van der Waals surface area contributed by atoms with Crippen LogP contribution in [0.4, 0.5) is 0 Å². The SMILES string of the molecule is C1=C(CCC2=CCC23CC3)C2(C1)CC2. The van der Waals surface area contributed by atoms with Gasteiger partial charge in [-0.25, -0.2) is 0 Å². The summed E-state index contributed by atoms with van der Waals surface area (Å²) in [5.41, 5.74) is 5.20. The summed E-state index contributed by atoms with van der Waals surface area (Å²) in [5, 5.41) is 0. The molecule has 4 rings (SSSR count). The zero-order chi connectivity index (χ0) is 9.23. The highest BCUT2D eigenvalue weighted by Gasteiger charge is 2.51. The summed E-state index contributed by atoms with van der Waals surface area (Å²) >= 11 is 0. The monoisotopic (exact) mass is 186 g/mol. The van der Waals surface area contributed by atoms with E-state index in [1.54, 1.807) is 0 Å². The van der Waals surface area contributed by atoms with Gasteiger partial charge in [0, 0.05) is 0 Å². The maximum atomic E-state index is 2.51. The average Bonchev–Trinajstić information content (AvgIpc) is 3.03. The van der Waals surface area contributed by atoms with Crippen LogP contribution in [0, 0.1) is 10.8 Å². The van der Waals surface area contributed by atoms with Gasteiger partial charge in [0.05, 0.1) is 0 Å². The Balaban J connectivity index is 1.39. The van der Waals surface area contributed by atoms with Gasteiger partial charge in [-0.1, -0.05) is 23.3 Å². The van der Waals surface area contributed by atoms with Gasteiger partial charge in [0.1, 0.15) is 0 Å². The fourth-order valence-electron chi connectivity index (χ4n) is 3.43. The van der Waals surface area contributed by atoms with Crippen LogP contribution in [0.2, 0.25) is 0 Å². The molecule has 0 heteroatoms. The van der Waals surface area contributed by atoms with E-state index >= 15 is 0 Å². The molecule has 0 aliphatic heterocycles. The minimum atomic E-state index is 0.779. The van der Waals surface area contributed by atoms with E-state index in [1.807, 2.05) is 11.1 Å². The topological polar surface area (TPSA) is 0 Å². The summed E-state index contributed by atoms with van der Waals surface area (Å²) < 4.78 is 0. The minimum absolute atomic E-state index is 0.779. The summed E-state index contributed by atoms with van der Waals surface area (Å²) in [7, 11) is 0. The highest BCUT2D eigenvalue weighted by Crippen LogP contribution is 2.65. The molecular weight excluding hydrogens is 168 g/mol. The van der Waals surface area contributed by atoms with Crippen LogP contribution >= 0.6 is 0 Å². The maximum Gasteiger partial charge on any atom is -0.00528 e. The third-order valence-corrected chi connectivity index (χ3v) is 5.21. The lowest BCUT2D eigenvalue weighted by atomic mass is 9.74. The molecule has 0 bridgehead atoms. The first-order valence-corrected chi connectivity index (χ1v) is 6.22. The zero-order valence-corrected chi connectivity index (χ0v) is 8.81. The van der Waals surface area contributed by atoms with Crippen LogP contribution < -0.4 is 0 Å². The van der Waals surface area contributed by atoms with Crippen LogP contribution in [-0.2, 0) is 0 Å². The number of allylic oxidation sites excluding steroid dienone is 4. The van der Waals surface area contributed by atoms with E-state index in [0.29, 0.717) is 0 Å². The molecule has 2 spiro atoms. The Labute approximate surface area is 86.1 Å². The van der Waals surface area contributed by atoms with Gasteiger partial charge >= 0.3 is 0 Å². The molecule has 4 aliphatic carbocycles. The van der Waals surface area contributed by atoms with Crippen molar-refractivity contribution in [3.05, 3.63) is 23.3 Å². The minimum Gasteiger partial charge on any atom is -0.0839 e. The lowest BCUT2D eigenvalue weighted by molar-refractivity contribution is 0.483. The molecule has 0 aromatic carbocycles. The van der Waals surface area contributed by atoms with Crippen LogP contribution in [0.15, 0.2) is 23.3 Å². The first-order valence-electron chi connectivity index (χ1n) is 6.22. The molecule has 0 amide bonds. The van der Waals surface area contributed by atoms with Crippen molar-refractivity contribution in [1.29, 1.82) is 0 Å². The van der Waals surface area contributed by atoms with Crippen molar-refractivity contribution in [2.45, 2.75) is 51.4 Å². The lowest BCUT2D eigenvalue weighted by Crippen LogP contribution is -2.17. The normalized spacial score (nSPS) is 33.1. The first-order chi connectivity index (χ1) is 6.83. The van der Waals surface area contributed by atoms with Crippen molar-refractivity contribution in [2.24, 2.45) is 10.8 Å². The largest absolute Gasteiger partial charge is 0.0839 e. The van der Waals surface area contributed by atoms with E-state index in [1.165, 1.54) is 51.4 Å². The second kappa shape index (κ2) is 2.18. The Morgan fingerprint density at radius 1 is 0.786 bits per heavy atom. The van der Waals surface area contributed by atoms with Crippen molar-refractivity contribution in [2.75, 3.05) is 0 Å². The van der Waals surface area contributed by atoms with Gasteiger partial charge in [0.15, 0.2) is 0 Å². The van der Waals surface area contributed by atoms with E-state index in [4.69, 9.17) is 0 Å². The van der Waals surface area contributed by atoms with Crippen molar-refractivity contribution < 1.29 is 0 Å². The summed E-state index contributed by atoms with van der Waals surface area (Å²) in [6.45, 7) is 0. The van der Waals surface area contributed by atoms with Crippen molar-refractivity contribution in [1.82, 2.24) is 0 Å². The second-order valence-electron chi connectivity index (χ2n) is 5.93. The Morgan fingerprint density at radius 2 is 1.21 bits per heavy atom. The van der Waals surface area contributed by atoms with Gasteiger partial charge in [-0.05, 0) is 62.2 Å². The second-order valence-corrected chi connectivity index (χ2v) is 5.93. The van der Waals surface area contributed by atoms with E-state index in [2.05, 4.69) is 12.2 Å². The molecule has 0 unspecified atom stereocenters. The van der Waals surface area contributed by atoms with Gasteiger partial charge in [0.25, 0.3) is 0 Å². The first kappa shape index (κ1) is 7.73. The van der Waals surface area contributed by atoms with Crippen LogP contribution in [0.3, 0.4) is 0 Å². The van der Waals surface area contributed by atoms with Crippen molar-refractivity contribution in [3.63, 3.8) is 0 Å². The van der Waals surface area contributed by atoms with Crippen LogP contribution in [-0.4, -0.2) is 0 Å². The van der Waals surface area contributed by atoms with Crippen molar-refractivity contribution >= 4 is 0 Å². The molecule has 0 radical (unpaired) electrons. The molecular formula is C14H18. The molecule has 2 saturated carbocycles. The molecule has 0 saturated heterocycles. The Kier molecular flexibility index (Phi) is 1.20. The lowest BCUT2D eigenvalue weighted by Gasteiger charge is -2.31. The molecule has 0 heterocycles. The fourth-order valence-corrected chi connectivity index (χ4v) is 3.43. The van der Waals surface area contributed by atoms with Crippen molar-refractivity contribution in [3.8, 4) is 0 Å². The fraction of sp³-hybridized carbons (Fsp3) is 0.714. The summed E-state index contributed by atoms with van der Waals surface area (Å²) in [4.78, 5) is 0. The average molecular weight is 186 g/mol. The molecule has 0 nitrogen and oxygen atoms in total. The third-order valence-electron chi connectivity index (χ3n) is 5.21. The Hall–Kier alpha value is -0.520. The number of hydrogen-bond acceptors (Lipinski definition) is 0. The predicted molar refractivity (Wildman–Crippen MR) is 58.0 cm³/mol. The van der Waals surface area contributed by atoms with E-state index < -0.39 is 0 Å². The molecule has 0 atom stereocenters. The quantitative estimate of drug-likeness (QED) is 0.585. The number of rotatable bonds is 3. The van der Waals surface area contributed by atoms with Gasteiger partial charge in [-0.15, -0.1) is 0 Å². The van der Waals surface area contributed by atoms with Gasteiger partial charge < -0.3 is 0 Å². The number of hydrogen-bond donors (Lipinski definition) is 0. The standard InChI is InChI=1S/C14H18/c1(11-3-5-13(11)7-8-13)2-12-4-6-14(12)9-10-14/h3-4H,1-2,5-10H2. The molecule has 0 N–H and O–H groups in total. The van der Waals surface area contributed by atoms with Gasteiger partial charge in [-0.3, -0.25) is 0 Å². The van der Waals surface area contributed by atoms with E-state index in [0.717, 1.165) is 10.8 Å². The smallest absolute Gasteiger partial charge is 0.00528 e. The van der Waals surface area contributed by atoms with Crippen LogP contribution in [0.1, 0.15) is 51.4 Å². The molecule has 0 aromatic heterocycles. The van der Waals surface area contributed by atoms with Crippen LogP contribution in [0.5, 0.6) is 0 Å². The third kappa shape index (κ3) is 0.852. The highest BCUT2D eigenvalue weighted by atomic mass is 14.6. The van der Waals surface area contributed by atoms with Crippen LogP contribution in [0.25, 0.3) is 0 Å². The Morgan fingerprint density at radius 3 is 1.43 bits per heavy atom. The molecule has 0 aromatic rings. The van der Waals surface area contributed by atoms with E-state index in [-0.39, 0.29) is 0 Å². The zero-order valence-electron chi connectivity index (χ0n) is 8.81. The van der Waals surface area contributed by atoms with Gasteiger partial charge in [0.2, 0.25) is 0 Å². The van der Waals surface area contributed by atoms with Gasteiger partial charge in [-0.2, -0.15) is 0 Å². The highest BCUT2D eigenvalue weighted by molar-refractivity contribution is 5.36. The summed E-state index contributed by atoms with van der Waals surface area (Å²) in [6, 6.07) is 0. The molecule has 4 aliphatic rings. The molecule has 74 valence electrons. The Bertz CT molecular complexity index is 312. The summed E-state index contributed by atoms with van der Waals surface area (Å²) in [6.07, 6.45) is 16.6. The summed E-state index contributed by atoms with van der Waals surface area (Å²) in [5.74, 6) is 0.